The average molecular weight is 551 g/mol. The standard InChI is InChI=1S/C27H34N8O5/c1-16-23-25(34-8-5-6-17(34)13-36)30-27(31-26(23)35(32-16)18-7-9-40-14-18)29-22-12-33(15-28-22)19-10-20(37-2)24(39-4)21(11-19)38-3/h10-12,15,17-18,36H,5-9,13-14H2,1-4H3,(H,29,30,31)/t17-,18?/m0/s1. The third-order valence-electron chi connectivity index (χ3n) is 7.59. The highest BCUT2D eigenvalue weighted by atomic mass is 16.5. The first kappa shape index (κ1) is 26.1. The Bertz CT molecular complexity index is 1490. The number of hydrogen-bond donors (Lipinski definition) is 2. The van der Waals surface area contributed by atoms with Crippen LogP contribution in [0.5, 0.6) is 17.2 Å². The Kier molecular flexibility index (Phi) is 7.07. The minimum absolute atomic E-state index is 0.00255. The zero-order valence-electron chi connectivity index (χ0n) is 23.1. The van der Waals surface area contributed by atoms with Crippen LogP contribution in [0.4, 0.5) is 17.6 Å². The number of fused-ring (bicyclic) bond motifs is 1. The van der Waals surface area contributed by atoms with Gasteiger partial charge in [-0.3, -0.25) is 0 Å². The van der Waals surface area contributed by atoms with Crippen molar-refractivity contribution in [3.8, 4) is 22.9 Å². The maximum absolute atomic E-state index is 10.1. The number of methoxy groups -OCH3 is 3. The zero-order valence-corrected chi connectivity index (χ0v) is 23.1. The van der Waals surface area contributed by atoms with E-state index in [0.717, 1.165) is 54.0 Å². The third kappa shape index (κ3) is 4.54. The highest BCUT2D eigenvalue weighted by molar-refractivity contribution is 5.91. The van der Waals surface area contributed by atoms with E-state index < -0.39 is 0 Å². The summed E-state index contributed by atoms with van der Waals surface area (Å²) in [4.78, 5) is 16.6. The summed E-state index contributed by atoms with van der Waals surface area (Å²) < 4.78 is 25.9. The van der Waals surface area contributed by atoms with E-state index in [1.807, 2.05) is 34.5 Å². The summed E-state index contributed by atoms with van der Waals surface area (Å²) in [5.74, 6) is 3.34. The molecule has 0 saturated carbocycles. The monoisotopic (exact) mass is 550 g/mol. The molecule has 40 heavy (non-hydrogen) atoms. The van der Waals surface area contributed by atoms with Gasteiger partial charge in [0.25, 0.3) is 0 Å². The lowest BCUT2D eigenvalue weighted by Gasteiger charge is -2.25. The number of aliphatic hydroxyl groups is 1. The molecular weight excluding hydrogens is 516 g/mol. The highest BCUT2D eigenvalue weighted by Crippen LogP contribution is 2.40. The van der Waals surface area contributed by atoms with Gasteiger partial charge in [0.05, 0.1) is 69.6 Å². The number of imidazole rings is 1. The molecule has 2 N–H and O–H groups in total. The van der Waals surface area contributed by atoms with Crippen molar-refractivity contribution < 1.29 is 24.1 Å². The number of nitrogens with one attached hydrogen (secondary N) is 1. The third-order valence-corrected chi connectivity index (χ3v) is 7.59. The summed E-state index contributed by atoms with van der Waals surface area (Å²) in [5, 5.41) is 19.1. The van der Waals surface area contributed by atoms with Crippen LogP contribution in [0, 0.1) is 6.92 Å². The molecule has 1 unspecified atom stereocenters. The maximum Gasteiger partial charge on any atom is 0.232 e. The second kappa shape index (κ2) is 10.8. The zero-order chi connectivity index (χ0) is 27.8. The summed E-state index contributed by atoms with van der Waals surface area (Å²) in [7, 11) is 4.74. The number of nitrogens with zero attached hydrogens (tertiary/aromatic N) is 7. The van der Waals surface area contributed by atoms with E-state index in [4.69, 9.17) is 34.0 Å². The first-order chi connectivity index (χ1) is 19.5. The number of ether oxygens (including phenoxy) is 4. The van der Waals surface area contributed by atoms with E-state index in [1.54, 1.807) is 27.7 Å². The fourth-order valence-electron chi connectivity index (χ4n) is 5.58. The fourth-order valence-corrected chi connectivity index (χ4v) is 5.58. The first-order valence-corrected chi connectivity index (χ1v) is 13.4. The van der Waals surface area contributed by atoms with E-state index >= 15 is 0 Å². The molecule has 2 aliphatic heterocycles. The van der Waals surface area contributed by atoms with Crippen LogP contribution in [-0.4, -0.2) is 88.1 Å². The molecule has 0 spiro atoms. The fraction of sp³-hybridized carbons (Fsp3) is 0.481. The van der Waals surface area contributed by atoms with Crippen LogP contribution in [0.2, 0.25) is 0 Å². The number of anilines is 3. The van der Waals surface area contributed by atoms with Gasteiger partial charge < -0.3 is 38.8 Å². The van der Waals surface area contributed by atoms with Gasteiger partial charge in [0, 0.05) is 25.3 Å². The molecule has 0 amide bonds. The van der Waals surface area contributed by atoms with Gasteiger partial charge in [0.2, 0.25) is 11.7 Å². The smallest absolute Gasteiger partial charge is 0.232 e. The van der Waals surface area contributed by atoms with Gasteiger partial charge in [-0.2, -0.15) is 15.1 Å². The van der Waals surface area contributed by atoms with Crippen molar-refractivity contribution in [3.63, 3.8) is 0 Å². The van der Waals surface area contributed by atoms with Crippen LogP contribution in [0.1, 0.15) is 31.0 Å². The summed E-state index contributed by atoms with van der Waals surface area (Å²) in [6.45, 7) is 4.16. The normalized spacial score (nSPS) is 19.0. The van der Waals surface area contributed by atoms with E-state index in [9.17, 15) is 5.11 Å². The second-order valence-electron chi connectivity index (χ2n) is 9.96. The molecular formula is C27H34N8O5. The molecule has 2 aliphatic rings. The van der Waals surface area contributed by atoms with Crippen molar-refractivity contribution in [1.82, 2.24) is 29.3 Å². The number of benzene rings is 1. The van der Waals surface area contributed by atoms with Gasteiger partial charge >= 0.3 is 0 Å². The second-order valence-corrected chi connectivity index (χ2v) is 9.96. The molecule has 0 aliphatic carbocycles. The van der Waals surface area contributed by atoms with Crippen LogP contribution in [0.3, 0.4) is 0 Å². The topological polar surface area (TPSA) is 134 Å². The number of aliphatic hydroxyl groups excluding tert-OH is 1. The Morgan fingerprint density at radius 3 is 2.58 bits per heavy atom. The SMILES string of the molecule is COc1cc(-n2cnc(Nc3nc(N4CCC[C@H]4CO)c4c(C)nn(C5CCOC5)c4n3)c2)cc(OC)c1OC. The van der Waals surface area contributed by atoms with Crippen LogP contribution < -0.4 is 24.4 Å². The van der Waals surface area contributed by atoms with Crippen molar-refractivity contribution in [3.05, 3.63) is 30.4 Å². The number of aromatic nitrogens is 6. The van der Waals surface area contributed by atoms with Gasteiger partial charge in [-0.15, -0.1) is 0 Å². The van der Waals surface area contributed by atoms with Crippen molar-refractivity contribution in [2.75, 3.05) is 57.9 Å². The van der Waals surface area contributed by atoms with Crippen molar-refractivity contribution in [2.24, 2.45) is 0 Å². The Morgan fingerprint density at radius 2 is 1.90 bits per heavy atom. The lowest BCUT2D eigenvalue weighted by atomic mass is 10.2. The lowest BCUT2D eigenvalue weighted by molar-refractivity contribution is 0.185. The summed E-state index contributed by atoms with van der Waals surface area (Å²) in [6.07, 6.45) is 6.30. The van der Waals surface area contributed by atoms with Gasteiger partial charge in [-0.25, -0.2) is 9.67 Å². The lowest BCUT2D eigenvalue weighted by Crippen LogP contribution is -2.33. The van der Waals surface area contributed by atoms with Crippen molar-refractivity contribution in [2.45, 2.75) is 38.3 Å². The van der Waals surface area contributed by atoms with Crippen LogP contribution in [-0.2, 0) is 4.74 Å². The molecule has 5 heterocycles. The maximum atomic E-state index is 10.1. The van der Waals surface area contributed by atoms with E-state index in [-0.39, 0.29) is 18.7 Å². The number of aryl methyl sites for hydroxylation is 1. The Morgan fingerprint density at radius 1 is 1.10 bits per heavy atom. The molecule has 4 aromatic rings. The minimum Gasteiger partial charge on any atom is -0.493 e. The number of rotatable bonds is 9. The average Bonchev–Trinajstić information content (AvgIpc) is 3.79. The first-order valence-electron chi connectivity index (χ1n) is 13.4. The largest absolute Gasteiger partial charge is 0.493 e. The van der Waals surface area contributed by atoms with Gasteiger partial charge in [0.15, 0.2) is 23.0 Å². The molecule has 13 nitrogen and oxygen atoms in total. The predicted molar refractivity (Wildman–Crippen MR) is 148 cm³/mol. The van der Waals surface area contributed by atoms with Crippen LogP contribution in [0.25, 0.3) is 16.7 Å². The Balaban J connectivity index is 1.39. The van der Waals surface area contributed by atoms with Crippen molar-refractivity contribution in [1.29, 1.82) is 0 Å². The molecule has 2 saturated heterocycles. The van der Waals surface area contributed by atoms with E-state index in [1.165, 1.54) is 0 Å². The summed E-state index contributed by atoms with van der Waals surface area (Å²) >= 11 is 0. The van der Waals surface area contributed by atoms with Gasteiger partial charge in [-0.1, -0.05) is 0 Å². The Hall–Kier alpha value is -4.10. The molecule has 6 rings (SSSR count). The molecule has 1 aromatic carbocycles. The van der Waals surface area contributed by atoms with Crippen LogP contribution >= 0.6 is 0 Å². The van der Waals surface area contributed by atoms with Crippen LogP contribution in [0.15, 0.2) is 24.7 Å². The minimum atomic E-state index is 0.00255. The van der Waals surface area contributed by atoms with Crippen molar-refractivity contribution >= 4 is 28.6 Å². The molecule has 13 heteroatoms. The Labute approximate surface area is 231 Å². The molecule has 3 aromatic heterocycles. The highest BCUT2D eigenvalue weighted by Gasteiger charge is 2.31. The molecule has 2 fully saturated rings. The van der Waals surface area contributed by atoms with Gasteiger partial charge in [-0.05, 0) is 26.2 Å². The van der Waals surface area contributed by atoms with E-state index in [2.05, 4.69) is 15.2 Å². The molecule has 212 valence electrons. The molecule has 2 atom stereocenters. The molecule has 0 bridgehead atoms. The van der Waals surface area contributed by atoms with E-state index in [0.29, 0.717) is 42.2 Å². The van der Waals surface area contributed by atoms with Gasteiger partial charge in [0.1, 0.15) is 12.1 Å². The number of hydrogen-bond acceptors (Lipinski definition) is 11. The summed E-state index contributed by atoms with van der Waals surface area (Å²) in [5.41, 5.74) is 2.39. The summed E-state index contributed by atoms with van der Waals surface area (Å²) in [6, 6.07) is 3.81. The quantitative estimate of drug-likeness (QED) is 0.318. The molecule has 0 radical (unpaired) electrons. The predicted octanol–water partition coefficient (Wildman–Crippen LogP) is 3.01.